The van der Waals surface area contributed by atoms with E-state index in [9.17, 15) is 27.2 Å². The molecule has 0 spiro atoms. The zero-order valence-electron chi connectivity index (χ0n) is 16.3. The third-order valence-electron chi connectivity index (χ3n) is 5.57. The maximum atomic E-state index is 14.0. The number of carbonyl (C=O) groups excluding carboxylic acids is 2. The Hall–Kier alpha value is -3.28. The van der Waals surface area contributed by atoms with E-state index in [2.05, 4.69) is 15.3 Å². The van der Waals surface area contributed by atoms with Crippen molar-refractivity contribution >= 4 is 28.3 Å². The highest BCUT2D eigenvalue weighted by atomic mass is 32.1. The van der Waals surface area contributed by atoms with Gasteiger partial charge in [-0.15, -0.1) is 11.3 Å². The molecule has 3 aromatic rings. The standard InChI is InChI=1S/C20H15F4N5O2S/c21-10-6-14-15(26-9-28(14)7-10)16(17(30)27-19-25-4-5-32-19)29-8-12-11(18(29)31)2-1-3-13(12)20(22,23)24/h1-5,9-10,16H,6-8H2,(H,25,27,30)/t10-,16?/m1/s1. The number of fused-ring (bicyclic) bond motifs is 2. The molecule has 2 amide bonds. The lowest BCUT2D eigenvalue weighted by molar-refractivity contribution is -0.138. The summed E-state index contributed by atoms with van der Waals surface area (Å²) in [6.07, 6.45) is -2.97. The Balaban J connectivity index is 1.57. The minimum atomic E-state index is -4.66. The number of aromatic nitrogens is 3. The summed E-state index contributed by atoms with van der Waals surface area (Å²) in [5.74, 6) is -1.40. The predicted molar refractivity (Wildman–Crippen MR) is 106 cm³/mol. The number of carbonyl (C=O) groups is 2. The lowest BCUT2D eigenvalue weighted by atomic mass is 10.0. The SMILES string of the molecule is O=C(Nc1nccs1)C(c1ncn2c1C[C@@H](F)C2)N1Cc2c(cccc2C(F)(F)F)C1=O. The van der Waals surface area contributed by atoms with Gasteiger partial charge in [0.15, 0.2) is 11.2 Å². The van der Waals surface area contributed by atoms with Crippen molar-refractivity contribution < 1.29 is 27.2 Å². The minimum Gasteiger partial charge on any atom is -0.331 e. The number of nitrogens with one attached hydrogen (secondary N) is 1. The van der Waals surface area contributed by atoms with Crippen molar-refractivity contribution in [2.45, 2.75) is 37.9 Å². The Labute approximate surface area is 182 Å². The molecule has 0 bridgehead atoms. The normalized spacial score (nSPS) is 18.6. The van der Waals surface area contributed by atoms with Crippen LogP contribution in [0.4, 0.5) is 22.7 Å². The molecule has 1 N–H and O–H groups in total. The lowest BCUT2D eigenvalue weighted by Crippen LogP contribution is -2.38. The van der Waals surface area contributed by atoms with Crippen molar-refractivity contribution in [2.75, 3.05) is 5.32 Å². The Morgan fingerprint density at radius 2 is 2.09 bits per heavy atom. The molecule has 7 nitrogen and oxygen atoms in total. The van der Waals surface area contributed by atoms with Gasteiger partial charge in [0.2, 0.25) is 0 Å². The van der Waals surface area contributed by atoms with Crippen LogP contribution in [-0.2, 0) is 30.5 Å². The first-order valence-corrected chi connectivity index (χ1v) is 10.5. The number of amides is 2. The molecule has 0 fully saturated rings. The molecule has 0 saturated carbocycles. The number of alkyl halides is 4. The average molecular weight is 465 g/mol. The van der Waals surface area contributed by atoms with Crippen molar-refractivity contribution in [3.05, 3.63) is 64.2 Å². The number of nitrogens with zero attached hydrogens (tertiary/aromatic N) is 4. The van der Waals surface area contributed by atoms with Crippen molar-refractivity contribution in [1.82, 2.24) is 19.4 Å². The fraction of sp³-hybridized carbons (Fsp3) is 0.300. The first-order valence-electron chi connectivity index (χ1n) is 9.62. The molecule has 2 aliphatic rings. The lowest BCUT2D eigenvalue weighted by Gasteiger charge is -2.26. The van der Waals surface area contributed by atoms with Crippen LogP contribution in [0.2, 0.25) is 0 Å². The smallest absolute Gasteiger partial charge is 0.331 e. The summed E-state index contributed by atoms with van der Waals surface area (Å²) >= 11 is 1.15. The van der Waals surface area contributed by atoms with Crippen LogP contribution < -0.4 is 5.32 Å². The third kappa shape index (κ3) is 3.34. The van der Waals surface area contributed by atoms with Gasteiger partial charge in [-0.25, -0.2) is 14.4 Å². The number of hydrogen-bond acceptors (Lipinski definition) is 5. The first-order chi connectivity index (χ1) is 15.2. The van der Waals surface area contributed by atoms with E-state index >= 15 is 0 Å². The van der Waals surface area contributed by atoms with Gasteiger partial charge in [0.25, 0.3) is 11.8 Å². The maximum Gasteiger partial charge on any atom is 0.416 e. The molecule has 166 valence electrons. The fourth-order valence-corrected chi connectivity index (χ4v) is 4.75. The summed E-state index contributed by atoms with van der Waals surface area (Å²) in [5, 5.41) is 4.49. The van der Waals surface area contributed by atoms with E-state index in [1.807, 2.05) is 0 Å². The van der Waals surface area contributed by atoms with Crippen LogP contribution in [0, 0.1) is 0 Å². The highest BCUT2D eigenvalue weighted by Gasteiger charge is 2.45. The van der Waals surface area contributed by atoms with Gasteiger partial charge in [-0.1, -0.05) is 6.07 Å². The van der Waals surface area contributed by atoms with E-state index in [4.69, 9.17) is 0 Å². The molecule has 4 heterocycles. The molecule has 0 radical (unpaired) electrons. The van der Waals surface area contributed by atoms with E-state index in [1.165, 1.54) is 18.6 Å². The van der Waals surface area contributed by atoms with E-state index in [-0.39, 0.29) is 34.9 Å². The molecular formula is C20H15F4N5O2S. The molecule has 32 heavy (non-hydrogen) atoms. The Morgan fingerprint density at radius 1 is 1.28 bits per heavy atom. The van der Waals surface area contributed by atoms with Gasteiger partial charge in [0, 0.05) is 35.8 Å². The second-order valence-corrected chi connectivity index (χ2v) is 8.42. The molecule has 12 heteroatoms. The Bertz CT molecular complexity index is 1210. The largest absolute Gasteiger partial charge is 0.416 e. The van der Waals surface area contributed by atoms with Crippen LogP contribution in [0.3, 0.4) is 0 Å². The van der Waals surface area contributed by atoms with E-state index in [1.54, 1.807) is 9.95 Å². The van der Waals surface area contributed by atoms with Crippen LogP contribution in [0.25, 0.3) is 0 Å². The highest BCUT2D eigenvalue weighted by molar-refractivity contribution is 7.13. The predicted octanol–water partition coefficient (Wildman–Crippen LogP) is 3.59. The molecule has 2 aliphatic heterocycles. The maximum absolute atomic E-state index is 14.0. The Kier molecular flexibility index (Phi) is 4.77. The Morgan fingerprint density at radius 3 is 2.81 bits per heavy atom. The molecule has 1 unspecified atom stereocenters. The molecule has 0 aliphatic carbocycles. The second-order valence-electron chi connectivity index (χ2n) is 7.52. The second kappa shape index (κ2) is 7.40. The van der Waals surface area contributed by atoms with Crippen molar-refractivity contribution in [3.8, 4) is 0 Å². The van der Waals surface area contributed by atoms with Crippen molar-refractivity contribution in [3.63, 3.8) is 0 Å². The molecule has 2 aromatic heterocycles. The number of thiazole rings is 1. The minimum absolute atomic E-state index is 0.000848. The summed E-state index contributed by atoms with van der Waals surface area (Å²) < 4.78 is 56.1. The van der Waals surface area contributed by atoms with Crippen LogP contribution in [-0.4, -0.2) is 37.4 Å². The summed E-state index contributed by atoms with van der Waals surface area (Å²) in [6.45, 7) is -0.360. The van der Waals surface area contributed by atoms with E-state index < -0.39 is 42.3 Å². The van der Waals surface area contributed by atoms with Gasteiger partial charge in [0.05, 0.1) is 24.1 Å². The zero-order chi connectivity index (χ0) is 22.6. The summed E-state index contributed by atoms with van der Waals surface area (Å²) in [4.78, 5) is 35.7. The van der Waals surface area contributed by atoms with Gasteiger partial charge < -0.3 is 9.47 Å². The van der Waals surface area contributed by atoms with Crippen LogP contribution in [0.15, 0.2) is 36.1 Å². The molecule has 0 saturated heterocycles. The van der Waals surface area contributed by atoms with E-state index in [0.29, 0.717) is 5.69 Å². The van der Waals surface area contributed by atoms with Gasteiger partial charge in [-0.2, -0.15) is 13.2 Å². The van der Waals surface area contributed by atoms with Crippen LogP contribution >= 0.6 is 11.3 Å². The van der Waals surface area contributed by atoms with Gasteiger partial charge >= 0.3 is 6.18 Å². The molecule has 2 atom stereocenters. The van der Waals surface area contributed by atoms with E-state index in [0.717, 1.165) is 28.4 Å². The monoisotopic (exact) mass is 465 g/mol. The number of benzene rings is 1. The number of rotatable bonds is 4. The average Bonchev–Trinajstić information content (AvgIpc) is 3.49. The summed E-state index contributed by atoms with van der Waals surface area (Å²) in [6, 6.07) is 2.03. The van der Waals surface area contributed by atoms with Crippen molar-refractivity contribution in [2.24, 2.45) is 0 Å². The number of anilines is 1. The van der Waals surface area contributed by atoms with Gasteiger partial charge in [-0.3, -0.25) is 14.9 Å². The van der Waals surface area contributed by atoms with Gasteiger partial charge in [0.1, 0.15) is 6.17 Å². The third-order valence-corrected chi connectivity index (χ3v) is 6.26. The zero-order valence-corrected chi connectivity index (χ0v) is 17.1. The molecule has 5 rings (SSSR count). The number of halogens is 4. The van der Waals surface area contributed by atoms with Crippen LogP contribution in [0.1, 0.15) is 38.9 Å². The topological polar surface area (TPSA) is 80.1 Å². The first kappa shape index (κ1) is 20.6. The van der Waals surface area contributed by atoms with Crippen molar-refractivity contribution in [1.29, 1.82) is 0 Å². The quantitative estimate of drug-likeness (QED) is 0.598. The van der Waals surface area contributed by atoms with Gasteiger partial charge in [-0.05, 0) is 17.7 Å². The summed E-state index contributed by atoms with van der Waals surface area (Å²) in [7, 11) is 0. The fourth-order valence-electron chi connectivity index (χ4n) is 4.22. The number of imidazole rings is 1. The number of hydrogen-bond donors (Lipinski definition) is 1. The molecular weight excluding hydrogens is 450 g/mol. The van der Waals surface area contributed by atoms with Crippen LogP contribution in [0.5, 0.6) is 0 Å². The summed E-state index contributed by atoms with van der Waals surface area (Å²) in [5.41, 5.74) is -0.656. The highest BCUT2D eigenvalue weighted by Crippen LogP contribution is 2.40. The molecule has 1 aromatic carbocycles.